The first-order chi connectivity index (χ1) is 10.7. The predicted molar refractivity (Wildman–Crippen MR) is 104 cm³/mol. The summed E-state index contributed by atoms with van der Waals surface area (Å²) in [6.07, 6.45) is 20.5. The van der Waals surface area contributed by atoms with Gasteiger partial charge >= 0.3 is 17.1 Å². The van der Waals surface area contributed by atoms with Gasteiger partial charge in [-0.05, 0) is 105 Å². The van der Waals surface area contributed by atoms with Gasteiger partial charge in [0.1, 0.15) is 0 Å². The molecule has 1 N–H and O–H groups in total. The molecule has 2 aliphatic rings. The maximum atomic E-state index is 5.83. The Labute approximate surface area is 170 Å². The zero-order valence-corrected chi connectivity index (χ0v) is 16.4. The molecule has 1 nitrogen and oxygen atoms in total. The van der Waals surface area contributed by atoms with Crippen molar-refractivity contribution in [1.82, 2.24) is 0 Å². The Morgan fingerprint density at radius 3 is 1.96 bits per heavy atom. The molecule has 0 saturated heterocycles. The monoisotopic (exact) mass is 477 g/mol. The van der Waals surface area contributed by atoms with E-state index in [4.69, 9.17) is 11.6 Å². The first kappa shape index (κ1) is 21.3. The summed E-state index contributed by atoms with van der Waals surface area (Å²) in [5.41, 5.74) is 1.08. The molecule has 3 rings (SSSR count). The summed E-state index contributed by atoms with van der Waals surface area (Å²) in [6.45, 7) is 0.827. The Hall–Kier alpha value is 0.299. The van der Waals surface area contributed by atoms with E-state index in [1.807, 2.05) is 69.2 Å². The first-order valence-corrected chi connectivity index (χ1v) is 8.43. The molecule has 1 aromatic carbocycles. The normalized spacial score (nSPS) is 18.1. The second kappa shape index (κ2) is 12.6. The fourth-order valence-electron chi connectivity index (χ4n) is 1.79. The Balaban J connectivity index is 0.000000377. The standard InChI is InChI=1S/C14H12ClIN.C5H5.Fe/c15-12-5-7-14(8-6-12)17-10-13(16)9-11-3-1-2-4-11;1-2-4-5-3-1;/h1-9,17H,10H2;1-5H;/q;;+2/b13-9-;;. The molecule has 0 amide bonds. The third-order valence-corrected chi connectivity index (χ3v) is 3.82. The molecule has 0 atom stereocenters. The summed E-state index contributed by atoms with van der Waals surface area (Å²) in [5, 5.41) is 4.11. The molecule has 2 fully saturated rings. The fraction of sp³-hybridized carbons (Fsp3) is 0.0526. The fourth-order valence-corrected chi connectivity index (χ4v) is 2.47. The minimum absolute atomic E-state index is 0. The molecular formula is C19H17ClFeIN+2. The topological polar surface area (TPSA) is 12.0 Å². The maximum Gasteiger partial charge on any atom is 2.00 e. The number of rotatable bonds is 4. The van der Waals surface area contributed by atoms with Gasteiger partial charge in [-0.3, -0.25) is 0 Å². The van der Waals surface area contributed by atoms with Gasteiger partial charge in [-0.25, -0.2) is 0 Å². The first-order valence-electron chi connectivity index (χ1n) is 6.98. The molecule has 4 heteroatoms. The average Bonchev–Trinajstić information content (AvgIpc) is 3.23. The van der Waals surface area contributed by atoms with Gasteiger partial charge in [0.25, 0.3) is 0 Å². The molecular weight excluding hydrogens is 460 g/mol. The van der Waals surface area contributed by atoms with Gasteiger partial charge in [-0.1, -0.05) is 17.7 Å². The van der Waals surface area contributed by atoms with Gasteiger partial charge in [0.15, 0.2) is 0 Å². The predicted octanol–water partition coefficient (Wildman–Crippen LogP) is 5.50. The van der Waals surface area contributed by atoms with Crippen LogP contribution < -0.4 is 5.32 Å². The van der Waals surface area contributed by atoms with Crippen molar-refractivity contribution in [3.63, 3.8) is 0 Å². The number of nitrogens with one attached hydrogen (secondary N) is 1. The van der Waals surface area contributed by atoms with Gasteiger partial charge in [-0.2, -0.15) is 0 Å². The third kappa shape index (κ3) is 9.38. The number of anilines is 1. The van der Waals surface area contributed by atoms with Crippen molar-refractivity contribution >= 4 is 39.9 Å². The maximum absolute atomic E-state index is 5.83. The summed E-state index contributed by atoms with van der Waals surface area (Å²) in [4.78, 5) is 0. The van der Waals surface area contributed by atoms with Crippen LogP contribution in [0.25, 0.3) is 0 Å². The second-order valence-electron chi connectivity index (χ2n) is 4.63. The molecule has 0 unspecified atom stereocenters. The molecule has 2 saturated carbocycles. The zero-order valence-electron chi connectivity index (χ0n) is 12.4. The van der Waals surface area contributed by atoms with Gasteiger partial charge in [0.05, 0.1) is 0 Å². The Bertz CT molecular complexity index is 443. The average molecular weight is 478 g/mol. The van der Waals surface area contributed by atoms with Gasteiger partial charge in [0.2, 0.25) is 0 Å². The molecule has 0 aliphatic heterocycles. The molecule has 118 valence electrons. The van der Waals surface area contributed by atoms with Crippen LogP contribution in [0.1, 0.15) is 0 Å². The van der Waals surface area contributed by atoms with Crippen LogP contribution in [0, 0.1) is 63.7 Å². The van der Waals surface area contributed by atoms with Crippen molar-refractivity contribution in [1.29, 1.82) is 0 Å². The van der Waals surface area contributed by atoms with Crippen LogP contribution in [0.15, 0.2) is 33.9 Å². The van der Waals surface area contributed by atoms with Crippen LogP contribution in [0.4, 0.5) is 5.69 Å². The molecule has 1 aromatic rings. The number of halogens is 2. The zero-order chi connectivity index (χ0) is 15.6. The van der Waals surface area contributed by atoms with E-state index in [9.17, 15) is 0 Å². The van der Waals surface area contributed by atoms with Crippen molar-refractivity contribution in [2.75, 3.05) is 11.9 Å². The van der Waals surface area contributed by atoms with E-state index >= 15 is 0 Å². The summed E-state index contributed by atoms with van der Waals surface area (Å²) < 4.78 is 1.27. The SMILES string of the molecule is Clc1ccc(NC/C(I)=C/[C]2[CH][CH][CH][CH]2)cc1.[CH]1[CH][CH][CH][CH]1.[Fe+2]. The van der Waals surface area contributed by atoms with Crippen molar-refractivity contribution in [2.24, 2.45) is 0 Å². The molecule has 2 aliphatic carbocycles. The molecule has 0 spiro atoms. The number of benzene rings is 1. The summed E-state index contributed by atoms with van der Waals surface area (Å²) in [7, 11) is 0. The molecule has 0 aromatic heterocycles. The molecule has 23 heavy (non-hydrogen) atoms. The van der Waals surface area contributed by atoms with Crippen molar-refractivity contribution in [3.05, 3.63) is 103 Å². The second-order valence-corrected chi connectivity index (χ2v) is 6.45. The Morgan fingerprint density at radius 1 is 0.913 bits per heavy atom. The van der Waals surface area contributed by atoms with E-state index in [1.54, 1.807) is 0 Å². The Kier molecular flexibility index (Phi) is 11.7. The van der Waals surface area contributed by atoms with Crippen molar-refractivity contribution in [3.8, 4) is 0 Å². The van der Waals surface area contributed by atoms with Gasteiger partial charge < -0.3 is 5.32 Å². The van der Waals surface area contributed by atoms with Crippen LogP contribution in [0.3, 0.4) is 0 Å². The number of allylic oxidation sites excluding steroid dienone is 1. The number of hydrogen-bond donors (Lipinski definition) is 1. The van der Waals surface area contributed by atoms with Crippen LogP contribution in [-0.2, 0) is 17.1 Å². The van der Waals surface area contributed by atoms with Crippen LogP contribution >= 0.6 is 34.2 Å². The van der Waals surface area contributed by atoms with Gasteiger partial charge in [-0.15, -0.1) is 0 Å². The van der Waals surface area contributed by atoms with E-state index < -0.39 is 0 Å². The van der Waals surface area contributed by atoms with Crippen LogP contribution in [-0.4, -0.2) is 6.54 Å². The summed E-state index contributed by atoms with van der Waals surface area (Å²) in [5.74, 6) is 1.24. The van der Waals surface area contributed by atoms with E-state index in [2.05, 4.69) is 46.8 Å². The van der Waals surface area contributed by atoms with Crippen molar-refractivity contribution < 1.29 is 17.1 Å². The van der Waals surface area contributed by atoms with E-state index in [-0.39, 0.29) is 17.1 Å². The van der Waals surface area contributed by atoms with E-state index in [1.165, 1.54) is 9.50 Å². The summed E-state index contributed by atoms with van der Waals surface area (Å²) >= 11 is 8.18. The van der Waals surface area contributed by atoms with E-state index in [0.717, 1.165) is 17.3 Å². The largest absolute Gasteiger partial charge is 2.00 e. The summed E-state index contributed by atoms with van der Waals surface area (Å²) in [6, 6.07) is 7.73. The quantitative estimate of drug-likeness (QED) is 0.446. The van der Waals surface area contributed by atoms with Crippen molar-refractivity contribution in [2.45, 2.75) is 0 Å². The third-order valence-electron chi connectivity index (χ3n) is 2.87. The molecule has 0 heterocycles. The minimum Gasteiger partial charge on any atom is -0.381 e. The Morgan fingerprint density at radius 2 is 1.43 bits per heavy atom. The minimum atomic E-state index is 0. The molecule has 10 radical (unpaired) electrons. The van der Waals surface area contributed by atoms with Crippen LogP contribution in [0.5, 0.6) is 0 Å². The molecule has 0 bridgehead atoms. The number of hydrogen-bond acceptors (Lipinski definition) is 1. The van der Waals surface area contributed by atoms with E-state index in [0.29, 0.717) is 0 Å². The van der Waals surface area contributed by atoms with Gasteiger partial charge in [0, 0.05) is 26.8 Å². The van der Waals surface area contributed by atoms with Crippen LogP contribution in [0.2, 0.25) is 5.02 Å². The smallest absolute Gasteiger partial charge is 0.381 e.